The van der Waals surface area contributed by atoms with Crippen molar-refractivity contribution in [3.63, 3.8) is 0 Å². The normalized spacial score (nSPS) is 11.0. The van der Waals surface area contributed by atoms with Gasteiger partial charge >= 0.3 is 0 Å². The minimum absolute atomic E-state index is 0. The molecule has 0 aliphatic rings. The molecule has 0 aliphatic heterocycles. The van der Waals surface area contributed by atoms with Crippen LogP contribution in [0.1, 0.15) is 25.8 Å². The summed E-state index contributed by atoms with van der Waals surface area (Å²) < 4.78 is 12.9. The van der Waals surface area contributed by atoms with Gasteiger partial charge in [-0.3, -0.25) is 9.79 Å². The Balaban J connectivity index is 0.00000484. The highest BCUT2D eigenvalue weighted by Crippen LogP contribution is 2.05. The van der Waals surface area contributed by atoms with Crippen molar-refractivity contribution in [2.75, 3.05) is 20.6 Å². The zero-order chi connectivity index (χ0) is 16.5. The van der Waals surface area contributed by atoms with Crippen LogP contribution in [0.15, 0.2) is 29.3 Å². The summed E-state index contributed by atoms with van der Waals surface area (Å²) in [6, 6.07) is 6.52. The Morgan fingerprint density at radius 1 is 1.30 bits per heavy atom. The number of nitrogens with one attached hydrogen (secondary N) is 2. The Bertz CT molecular complexity index is 505. The number of amides is 1. The Kier molecular flexibility index (Phi) is 10.5. The van der Waals surface area contributed by atoms with E-state index in [4.69, 9.17) is 0 Å². The highest BCUT2D eigenvalue weighted by atomic mass is 127. The highest BCUT2D eigenvalue weighted by molar-refractivity contribution is 14.0. The Hall–Kier alpha value is -1.38. The molecule has 0 saturated heterocycles. The van der Waals surface area contributed by atoms with Crippen LogP contribution in [0.2, 0.25) is 0 Å². The van der Waals surface area contributed by atoms with E-state index in [1.807, 2.05) is 25.8 Å². The summed E-state index contributed by atoms with van der Waals surface area (Å²) >= 11 is 0. The van der Waals surface area contributed by atoms with Crippen LogP contribution in [0.25, 0.3) is 0 Å². The second-order valence-electron chi connectivity index (χ2n) is 5.43. The van der Waals surface area contributed by atoms with Gasteiger partial charge in [0.2, 0.25) is 5.91 Å². The average Bonchev–Trinajstić information content (AvgIpc) is 2.45. The molecule has 2 N–H and O–H groups in total. The second-order valence-corrected chi connectivity index (χ2v) is 5.43. The fourth-order valence-corrected chi connectivity index (χ4v) is 2.01. The van der Waals surface area contributed by atoms with Crippen molar-refractivity contribution >= 4 is 35.8 Å². The number of nitrogens with zero attached hydrogens (tertiary/aromatic N) is 2. The van der Waals surface area contributed by atoms with Crippen LogP contribution in [0.4, 0.5) is 4.39 Å². The molecule has 0 atom stereocenters. The number of aliphatic imine (C=N–C) groups is 1. The van der Waals surface area contributed by atoms with E-state index in [0.29, 0.717) is 25.5 Å². The quantitative estimate of drug-likeness (QED) is 0.409. The van der Waals surface area contributed by atoms with E-state index in [2.05, 4.69) is 15.6 Å². The number of guanidine groups is 1. The van der Waals surface area contributed by atoms with E-state index in [1.54, 1.807) is 19.2 Å². The predicted molar refractivity (Wildman–Crippen MR) is 103 cm³/mol. The summed E-state index contributed by atoms with van der Waals surface area (Å²) in [4.78, 5) is 17.7. The minimum Gasteiger partial charge on any atom is -0.356 e. The maximum atomic E-state index is 12.9. The van der Waals surface area contributed by atoms with E-state index in [-0.39, 0.29) is 41.7 Å². The highest BCUT2D eigenvalue weighted by Gasteiger charge is 2.08. The first-order valence-electron chi connectivity index (χ1n) is 7.38. The number of hydrogen-bond acceptors (Lipinski definition) is 2. The molecular weight excluding hydrogens is 410 g/mol. The molecule has 1 aromatic carbocycles. The molecule has 0 saturated carbocycles. The maximum absolute atomic E-state index is 12.9. The Morgan fingerprint density at radius 3 is 2.43 bits per heavy atom. The molecule has 0 unspecified atom stereocenters. The van der Waals surface area contributed by atoms with Gasteiger partial charge in [0.25, 0.3) is 0 Å². The number of hydrogen-bond donors (Lipinski definition) is 2. The van der Waals surface area contributed by atoms with E-state index in [1.165, 1.54) is 12.1 Å². The number of halogens is 2. The van der Waals surface area contributed by atoms with Crippen molar-refractivity contribution in [3.05, 3.63) is 35.6 Å². The molecule has 0 aromatic heterocycles. The summed E-state index contributed by atoms with van der Waals surface area (Å²) in [7, 11) is 3.59. The molecule has 23 heavy (non-hydrogen) atoms. The first-order valence-corrected chi connectivity index (χ1v) is 7.38. The van der Waals surface area contributed by atoms with Crippen molar-refractivity contribution in [1.29, 1.82) is 0 Å². The molecule has 0 radical (unpaired) electrons. The van der Waals surface area contributed by atoms with E-state index < -0.39 is 0 Å². The van der Waals surface area contributed by atoms with Crippen LogP contribution in [-0.2, 0) is 11.3 Å². The van der Waals surface area contributed by atoms with Crippen molar-refractivity contribution in [2.24, 2.45) is 4.99 Å². The minimum atomic E-state index is -0.245. The standard InChI is InChI=1S/C16H25FN4O.HI/c1-12(2)20-15(22)9-10-19-16(18-3)21(4)11-13-5-7-14(17)8-6-13;/h5-8,12H,9-11H2,1-4H3,(H,18,19)(H,20,22);1H. The van der Waals surface area contributed by atoms with Crippen LogP contribution in [0, 0.1) is 5.82 Å². The molecule has 0 heterocycles. The number of carbonyl (C=O) groups is 1. The topological polar surface area (TPSA) is 56.7 Å². The molecule has 0 spiro atoms. The summed E-state index contributed by atoms with van der Waals surface area (Å²) in [5, 5.41) is 5.99. The number of carbonyl (C=O) groups excluding carboxylic acids is 1. The van der Waals surface area contributed by atoms with Gasteiger partial charge in [0, 0.05) is 39.6 Å². The lowest BCUT2D eigenvalue weighted by Gasteiger charge is -2.22. The molecule has 7 heteroatoms. The second kappa shape index (κ2) is 11.2. The summed E-state index contributed by atoms with van der Waals surface area (Å²) in [6.45, 7) is 4.98. The molecule has 0 fully saturated rings. The SMILES string of the molecule is CN=C(NCCC(=O)NC(C)C)N(C)Cc1ccc(F)cc1.I. The van der Waals surface area contributed by atoms with Crippen molar-refractivity contribution in [1.82, 2.24) is 15.5 Å². The van der Waals surface area contributed by atoms with Gasteiger partial charge in [-0.15, -0.1) is 24.0 Å². The first kappa shape index (κ1) is 21.6. The Labute approximate surface area is 154 Å². The molecular formula is C16H26FIN4O. The van der Waals surface area contributed by atoms with Gasteiger partial charge in [-0.25, -0.2) is 4.39 Å². The molecule has 1 aromatic rings. The summed E-state index contributed by atoms with van der Waals surface area (Å²) in [5.41, 5.74) is 0.990. The third kappa shape index (κ3) is 8.73. The zero-order valence-electron chi connectivity index (χ0n) is 14.1. The maximum Gasteiger partial charge on any atom is 0.221 e. The smallest absolute Gasteiger partial charge is 0.221 e. The molecule has 130 valence electrons. The van der Waals surface area contributed by atoms with E-state index in [9.17, 15) is 9.18 Å². The van der Waals surface area contributed by atoms with Crippen molar-refractivity contribution in [3.8, 4) is 0 Å². The van der Waals surface area contributed by atoms with Gasteiger partial charge in [-0.05, 0) is 31.5 Å². The predicted octanol–water partition coefficient (Wildman–Crippen LogP) is 2.37. The fourth-order valence-electron chi connectivity index (χ4n) is 2.01. The van der Waals surface area contributed by atoms with Crippen molar-refractivity contribution < 1.29 is 9.18 Å². The Morgan fingerprint density at radius 2 is 1.91 bits per heavy atom. The summed E-state index contributed by atoms with van der Waals surface area (Å²) in [5.74, 6) is 0.464. The third-order valence-electron chi connectivity index (χ3n) is 2.99. The molecule has 1 amide bonds. The van der Waals surface area contributed by atoms with Crippen LogP contribution < -0.4 is 10.6 Å². The van der Waals surface area contributed by atoms with Crippen molar-refractivity contribution in [2.45, 2.75) is 32.9 Å². The monoisotopic (exact) mass is 436 g/mol. The van der Waals surface area contributed by atoms with Gasteiger partial charge in [0.05, 0.1) is 0 Å². The third-order valence-corrected chi connectivity index (χ3v) is 2.99. The van der Waals surface area contributed by atoms with Gasteiger partial charge in [-0.2, -0.15) is 0 Å². The lowest BCUT2D eigenvalue weighted by molar-refractivity contribution is -0.121. The summed E-state index contributed by atoms with van der Waals surface area (Å²) in [6.07, 6.45) is 0.390. The van der Waals surface area contributed by atoms with Gasteiger partial charge in [-0.1, -0.05) is 12.1 Å². The van der Waals surface area contributed by atoms with Crippen LogP contribution in [0.3, 0.4) is 0 Å². The molecule has 0 bridgehead atoms. The zero-order valence-corrected chi connectivity index (χ0v) is 16.4. The van der Waals surface area contributed by atoms with E-state index >= 15 is 0 Å². The van der Waals surface area contributed by atoms with Gasteiger partial charge in [0.15, 0.2) is 5.96 Å². The largest absolute Gasteiger partial charge is 0.356 e. The van der Waals surface area contributed by atoms with Crippen LogP contribution in [-0.4, -0.2) is 43.4 Å². The molecule has 1 rings (SSSR count). The average molecular weight is 436 g/mol. The van der Waals surface area contributed by atoms with Gasteiger partial charge in [0.1, 0.15) is 5.82 Å². The lowest BCUT2D eigenvalue weighted by atomic mass is 10.2. The number of benzene rings is 1. The first-order chi connectivity index (χ1) is 10.4. The molecule has 5 nitrogen and oxygen atoms in total. The lowest BCUT2D eigenvalue weighted by Crippen LogP contribution is -2.40. The van der Waals surface area contributed by atoms with E-state index in [0.717, 1.165) is 5.56 Å². The number of rotatable bonds is 6. The van der Waals surface area contributed by atoms with Crippen LogP contribution in [0.5, 0.6) is 0 Å². The van der Waals surface area contributed by atoms with Crippen LogP contribution >= 0.6 is 24.0 Å². The van der Waals surface area contributed by atoms with Gasteiger partial charge < -0.3 is 15.5 Å². The fraction of sp³-hybridized carbons (Fsp3) is 0.500. The molecule has 0 aliphatic carbocycles.